The van der Waals surface area contributed by atoms with Crippen molar-refractivity contribution < 1.29 is 4.79 Å². The highest BCUT2D eigenvalue weighted by molar-refractivity contribution is 5.93. The van der Waals surface area contributed by atoms with Crippen LogP contribution in [-0.2, 0) is 11.2 Å². The van der Waals surface area contributed by atoms with Gasteiger partial charge >= 0.3 is 0 Å². The summed E-state index contributed by atoms with van der Waals surface area (Å²) in [5.41, 5.74) is 1.40. The van der Waals surface area contributed by atoms with Crippen LogP contribution in [0.3, 0.4) is 0 Å². The maximum absolute atomic E-state index is 12.8. The minimum absolute atomic E-state index is 0.0421. The molecule has 0 spiro atoms. The normalized spacial score (nSPS) is 10.8. The number of para-hydroxylation sites is 2. The van der Waals surface area contributed by atoms with Crippen LogP contribution in [0.25, 0.3) is 10.9 Å². The molecule has 0 saturated heterocycles. The van der Waals surface area contributed by atoms with E-state index < -0.39 is 0 Å². The Balaban J connectivity index is 1.75. The van der Waals surface area contributed by atoms with Crippen molar-refractivity contribution in [3.05, 3.63) is 70.8 Å². The van der Waals surface area contributed by atoms with E-state index in [0.717, 1.165) is 18.5 Å². The predicted octanol–water partition coefficient (Wildman–Crippen LogP) is 3.69. The Morgan fingerprint density at radius 1 is 1.08 bits per heavy atom. The van der Waals surface area contributed by atoms with Gasteiger partial charge in [0, 0.05) is 25.1 Å². The third kappa shape index (κ3) is 4.17. The molecule has 3 aromatic rings. The summed E-state index contributed by atoms with van der Waals surface area (Å²) in [5.74, 6) is 0.589. The SMILES string of the molecule is CCCCN(C(=O)CCc1nc2ccccc2c(=O)[nH]1)c1ccccc1. The van der Waals surface area contributed by atoms with Gasteiger partial charge in [-0.3, -0.25) is 9.59 Å². The van der Waals surface area contributed by atoms with E-state index in [1.54, 1.807) is 6.07 Å². The second-order valence-electron chi connectivity index (χ2n) is 6.26. The molecular weight excluding hydrogens is 326 g/mol. The number of carbonyl (C=O) groups is 1. The molecule has 0 atom stereocenters. The second kappa shape index (κ2) is 8.43. The van der Waals surface area contributed by atoms with Crippen LogP contribution in [0.2, 0.25) is 0 Å². The number of anilines is 1. The standard InChI is InChI=1S/C21H23N3O2/c1-2-3-15-24(16-9-5-4-6-10-16)20(25)14-13-19-22-18-12-8-7-11-17(18)21(26)23-19/h4-12H,2-3,13-15H2,1H3,(H,22,23,26). The van der Waals surface area contributed by atoms with Crippen LogP contribution >= 0.6 is 0 Å². The number of hydrogen-bond donors (Lipinski definition) is 1. The fourth-order valence-electron chi connectivity index (χ4n) is 2.94. The highest BCUT2D eigenvalue weighted by atomic mass is 16.2. The summed E-state index contributed by atoms with van der Waals surface area (Å²) < 4.78 is 0. The van der Waals surface area contributed by atoms with Gasteiger partial charge in [-0.15, -0.1) is 0 Å². The summed E-state index contributed by atoms with van der Waals surface area (Å²) in [4.78, 5) is 34.0. The van der Waals surface area contributed by atoms with E-state index in [1.807, 2.05) is 53.4 Å². The molecule has 5 nitrogen and oxygen atoms in total. The molecule has 0 radical (unpaired) electrons. The summed E-state index contributed by atoms with van der Waals surface area (Å²) in [5, 5.41) is 0.566. The second-order valence-corrected chi connectivity index (χ2v) is 6.26. The lowest BCUT2D eigenvalue weighted by Gasteiger charge is -2.22. The van der Waals surface area contributed by atoms with E-state index in [1.165, 1.54) is 0 Å². The van der Waals surface area contributed by atoms with Crippen molar-refractivity contribution in [1.82, 2.24) is 9.97 Å². The van der Waals surface area contributed by atoms with E-state index in [0.29, 0.717) is 36.1 Å². The van der Waals surface area contributed by atoms with Gasteiger partial charge in [0.25, 0.3) is 5.56 Å². The molecule has 134 valence electrons. The first-order valence-electron chi connectivity index (χ1n) is 9.02. The largest absolute Gasteiger partial charge is 0.312 e. The molecule has 5 heteroatoms. The zero-order valence-electron chi connectivity index (χ0n) is 14.9. The summed E-state index contributed by atoms with van der Waals surface area (Å²) in [7, 11) is 0. The Kier molecular flexibility index (Phi) is 5.79. The number of benzene rings is 2. The number of fused-ring (bicyclic) bond motifs is 1. The molecule has 0 saturated carbocycles. The Bertz CT molecular complexity index is 935. The van der Waals surface area contributed by atoms with E-state index >= 15 is 0 Å². The van der Waals surface area contributed by atoms with Crippen molar-refractivity contribution >= 4 is 22.5 Å². The monoisotopic (exact) mass is 349 g/mol. The number of nitrogens with zero attached hydrogens (tertiary/aromatic N) is 2. The Morgan fingerprint density at radius 2 is 1.81 bits per heavy atom. The molecule has 0 aliphatic rings. The number of carbonyl (C=O) groups excluding carboxylic acids is 1. The number of hydrogen-bond acceptors (Lipinski definition) is 3. The van der Waals surface area contributed by atoms with Crippen molar-refractivity contribution in [3.8, 4) is 0 Å². The highest BCUT2D eigenvalue weighted by Crippen LogP contribution is 2.16. The fourth-order valence-corrected chi connectivity index (χ4v) is 2.94. The molecule has 2 aromatic carbocycles. The quantitative estimate of drug-likeness (QED) is 0.707. The molecule has 1 amide bonds. The number of rotatable bonds is 7. The Morgan fingerprint density at radius 3 is 2.58 bits per heavy atom. The van der Waals surface area contributed by atoms with Gasteiger partial charge in [0.1, 0.15) is 5.82 Å². The number of aromatic nitrogens is 2. The molecule has 0 aliphatic carbocycles. The molecule has 3 rings (SSSR count). The van der Waals surface area contributed by atoms with Crippen molar-refractivity contribution in [2.75, 3.05) is 11.4 Å². The van der Waals surface area contributed by atoms with Crippen molar-refractivity contribution in [3.63, 3.8) is 0 Å². The maximum atomic E-state index is 12.8. The van der Waals surface area contributed by atoms with Crippen LogP contribution in [-0.4, -0.2) is 22.4 Å². The highest BCUT2D eigenvalue weighted by Gasteiger charge is 2.15. The zero-order chi connectivity index (χ0) is 18.4. The van der Waals surface area contributed by atoms with Gasteiger partial charge in [0.2, 0.25) is 5.91 Å². The third-order valence-corrected chi connectivity index (χ3v) is 4.34. The Hall–Kier alpha value is -2.95. The summed E-state index contributed by atoms with van der Waals surface area (Å²) in [6, 6.07) is 16.9. The first kappa shape index (κ1) is 17.9. The van der Waals surface area contributed by atoms with Gasteiger partial charge in [-0.25, -0.2) is 4.98 Å². The summed E-state index contributed by atoms with van der Waals surface area (Å²) >= 11 is 0. The molecule has 0 bridgehead atoms. The number of amides is 1. The van der Waals surface area contributed by atoms with Gasteiger partial charge in [0.05, 0.1) is 10.9 Å². The van der Waals surface area contributed by atoms with Crippen LogP contribution in [0.4, 0.5) is 5.69 Å². The molecule has 0 fully saturated rings. The molecule has 1 heterocycles. The number of aromatic amines is 1. The number of unbranched alkanes of at least 4 members (excludes halogenated alkanes) is 1. The molecule has 26 heavy (non-hydrogen) atoms. The van der Waals surface area contributed by atoms with Crippen molar-refractivity contribution in [1.29, 1.82) is 0 Å². The lowest BCUT2D eigenvalue weighted by atomic mass is 10.2. The molecular formula is C21H23N3O2. The molecule has 1 aromatic heterocycles. The zero-order valence-corrected chi connectivity index (χ0v) is 14.9. The van der Waals surface area contributed by atoms with Crippen LogP contribution in [0.5, 0.6) is 0 Å². The van der Waals surface area contributed by atoms with Gasteiger partial charge in [-0.1, -0.05) is 43.7 Å². The third-order valence-electron chi connectivity index (χ3n) is 4.34. The van der Waals surface area contributed by atoms with Gasteiger partial charge < -0.3 is 9.88 Å². The number of H-pyrrole nitrogens is 1. The minimum Gasteiger partial charge on any atom is -0.312 e. The minimum atomic E-state index is -0.163. The van der Waals surface area contributed by atoms with Crippen LogP contribution in [0.1, 0.15) is 32.0 Å². The molecule has 1 N–H and O–H groups in total. The van der Waals surface area contributed by atoms with Crippen LogP contribution in [0, 0.1) is 0 Å². The maximum Gasteiger partial charge on any atom is 0.258 e. The Labute approximate surface area is 152 Å². The van der Waals surface area contributed by atoms with E-state index in [4.69, 9.17) is 0 Å². The molecule has 0 aliphatic heterocycles. The average Bonchev–Trinajstić information content (AvgIpc) is 2.67. The fraction of sp³-hybridized carbons (Fsp3) is 0.286. The summed E-state index contributed by atoms with van der Waals surface area (Å²) in [6.45, 7) is 2.80. The topological polar surface area (TPSA) is 66.1 Å². The average molecular weight is 349 g/mol. The van der Waals surface area contributed by atoms with Gasteiger partial charge in [-0.05, 0) is 30.7 Å². The first-order valence-corrected chi connectivity index (χ1v) is 9.02. The van der Waals surface area contributed by atoms with E-state index in [2.05, 4.69) is 16.9 Å². The van der Waals surface area contributed by atoms with Gasteiger partial charge in [0.15, 0.2) is 0 Å². The van der Waals surface area contributed by atoms with Crippen molar-refractivity contribution in [2.24, 2.45) is 0 Å². The lowest BCUT2D eigenvalue weighted by molar-refractivity contribution is -0.118. The van der Waals surface area contributed by atoms with Crippen LogP contribution in [0.15, 0.2) is 59.4 Å². The van der Waals surface area contributed by atoms with E-state index in [-0.39, 0.29) is 11.5 Å². The van der Waals surface area contributed by atoms with E-state index in [9.17, 15) is 9.59 Å². The van der Waals surface area contributed by atoms with Crippen LogP contribution < -0.4 is 10.5 Å². The van der Waals surface area contributed by atoms with Gasteiger partial charge in [-0.2, -0.15) is 0 Å². The summed E-state index contributed by atoms with van der Waals surface area (Å²) in [6.07, 6.45) is 2.69. The predicted molar refractivity (Wildman–Crippen MR) is 104 cm³/mol. The number of aryl methyl sites for hydroxylation is 1. The lowest BCUT2D eigenvalue weighted by Crippen LogP contribution is -2.32. The number of nitrogens with one attached hydrogen (secondary N) is 1. The van der Waals surface area contributed by atoms with Crippen molar-refractivity contribution in [2.45, 2.75) is 32.6 Å². The smallest absolute Gasteiger partial charge is 0.258 e. The first-order chi connectivity index (χ1) is 12.7. The molecule has 0 unspecified atom stereocenters.